The molecule has 0 bridgehead atoms. The van der Waals surface area contributed by atoms with Crippen molar-refractivity contribution in [2.24, 2.45) is 9.36 Å². The van der Waals surface area contributed by atoms with Crippen molar-refractivity contribution in [1.82, 2.24) is 0 Å². The molecular formula is C22H20N2O2S. The Morgan fingerprint density at radius 3 is 2.30 bits per heavy atom. The SMILES string of the molecule is CS(=O)(=Nc1ccccc1C1=N[C@@H](c2ccccc2)CO1)c1ccccc1. The molecule has 136 valence electrons. The van der Waals surface area contributed by atoms with E-state index < -0.39 is 9.73 Å². The van der Waals surface area contributed by atoms with Gasteiger partial charge in [0.05, 0.1) is 21.0 Å². The Labute approximate surface area is 159 Å². The molecule has 4 nitrogen and oxygen atoms in total. The van der Waals surface area contributed by atoms with E-state index in [9.17, 15) is 4.21 Å². The third-order valence-corrected chi connectivity index (χ3v) is 6.11. The van der Waals surface area contributed by atoms with E-state index in [4.69, 9.17) is 9.73 Å². The fraction of sp³-hybridized carbons (Fsp3) is 0.136. The van der Waals surface area contributed by atoms with Gasteiger partial charge in [-0.2, -0.15) is 4.36 Å². The zero-order chi connectivity index (χ0) is 18.7. The minimum Gasteiger partial charge on any atom is -0.475 e. The van der Waals surface area contributed by atoms with Gasteiger partial charge in [-0.25, -0.2) is 9.20 Å². The third kappa shape index (κ3) is 3.78. The van der Waals surface area contributed by atoms with Gasteiger partial charge in [0.2, 0.25) is 5.90 Å². The lowest BCUT2D eigenvalue weighted by molar-refractivity contribution is 0.320. The maximum absolute atomic E-state index is 13.2. The first-order valence-corrected chi connectivity index (χ1v) is 10.7. The molecule has 4 rings (SSSR count). The average Bonchev–Trinajstić information content (AvgIpc) is 3.20. The van der Waals surface area contributed by atoms with Gasteiger partial charge in [0.15, 0.2) is 0 Å². The van der Waals surface area contributed by atoms with Crippen LogP contribution < -0.4 is 0 Å². The summed E-state index contributed by atoms with van der Waals surface area (Å²) in [5.74, 6) is 0.548. The maximum Gasteiger partial charge on any atom is 0.219 e. The first kappa shape index (κ1) is 17.5. The van der Waals surface area contributed by atoms with Crippen LogP contribution in [0.2, 0.25) is 0 Å². The predicted molar refractivity (Wildman–Crippen MR) is 109 cm³/mol. The molecule has 3 aromatic rings. The van der Waals surface area contributed by atoms with E-state index in [1.54, 1.807) is 6.26 Å². The predicted octanol–water partition coefficient (Wildman–Crippen LogP) is 4.99. The second-order valence-electron chi connectivity index (χ2n) is 6.40. The van der Waals surface area contributed by atoms with Gasteiger partial charge in [0, 0.05) is 11.2 Å². The number of nitrogens with zero attached hydrogens (tertiary/aromatic N) is 2. The highest BCUT2D eigenvalue weighted by molar-refractivity contribution is 7.93. The normalized spacial score (nSPS) is 18.3. The first-order chi connectivity index (χ1) is 13.1. The molecule has 0 spiro atoms. The Morgan fingerprint density at radius 1 is 0.926 bits per heavy atom. The van der Waals surface area contributed by atoms with Crippen LogP contribution in [0.1, 0.15) is 17.2 Å². The number of aliphatic imine (C=N–C) groups is 1. The van der Waals surface area contributed by atoms with Gasteiger partial charge in [-0.1, -0.05) is 60.7 Å². The largest absolute Gasteiger partial charge is 0.475 e. The molecule has 3 aromatic carbocycles. The quantitative estimate of drug-likeness (QED) is 0.644. The van der Waals surface area contributed by atoms with Crippen molar-refractivity contribution in [1.29, 1.82) is 0 Å². The topological polar surface area (TPSA) is 51.0 Å². The molecule has 0 N–H and O–H groups in total. The number of benzene rings is 3. The van der Waals surface area contributed by atoms with Crippen LogP contribution in [0.25, 0.3) is 0 Å². The molecular weight excluding hydrogens is 356 g/mol. The molecule has 27 heavy (non-hydrogen) atoms. The summed E-state index contributed by atoms with van der Waals surface area (Å²) >= 11 is 0. The van der Waals surface area contributed by atoms with E-state index in [-0.39, 0.29) is 6.04 Å². The van der Waals surface area contributed by atoms with Gasteiger partial charge in [-0.15, -0.1) is 0 Å². The molecule has 1 aliphatic rings. The van der Waals surface area contributed by atoms with Crippen LogP contribution in [0.5, 0.6) is 0 Å². The minimum absolute atomic E-state index is 0.0330. The van der Waals surface area contributed by atoms with Crippen molar-refractivity contribution in [3.05, 3.63) is 96.1 Å². The van der Waals surface area contributed by atoms with E-state index in [1.807, 2.05) is 84.9 Å². The van der Waals surface area contributed by atoms with Crippen LogP contribution in [0.4, 0.5) is 5.69 Å². The van der Waals surface area contributed by atoms with Gasteiger partial charge in [-0.3, -0.25) is 0 Å². The lowest BCUT2D eigenvalue weighted by Gasteiger charge is -2.08. The fourth-order valence-electron chi connectivity index (χ4n) is 3.01. The molecule has 1 heterocycles. The van der Waals surface area contributed by atoms with Crippen molar-refractivity contribution in [3.8, 4) is 0 Å². The monoisotopic (exact) mass is 376 g/mol. The highest BCUT2D eigenvalue weighted by Crippen LogP contribution is 2.30. The molecule has 0 aromatic heterocycles. The first-order valence-electron chi connectivity index (χ1n) is 8.76. The summed E-state index contributed by atoms with van der Waals surface area (Å²) in [5, 5.41) is 0. The standard InChI is InChI=1S/C22H20N2O2S/c1-27(25,18-12-6-3-7-13-18)24-20-15-9-8-14-19(20)22-23-21(16-26-22)17-10-4-2-5-11-17/h2-15,21H,16H2,1H3/t21-,27?/m1/s1. The number of rotatable bonds is 4. The summed E-state index contributed by atoms with van der Waals surface area (Å²) in [6, 6.07) is 26.9. The summed E-state index contributed by atoms with van der Waals surface area (Å²) in [4.78, 5) is 5.44. The van der Waals surface area contributed by atoms with E-state index in [0.29, 0.717) is 23.1 Å². The highest BCUT2D eigenvalue weighted by atomic mass is 32.2. The van der Waals surface area contributed by atoms with Crippen LogP contribution in [0.3, 0.4) is 0 Å². The van der Waals surface area contributed by atoms with Crippen LogP contribution in [-0.4, -0.2) is 23.0 Å². The number of hydrogen-bond donors (Lipinski definition) is 0. The smallest absolute Gasteiger partial charge is 0.219 e. The van der Waals surface area contributed by atoms with E-state index in [1.165, 1.54) is 0 Å². The zero-order valence-electron chi connectivity index (χ0n) is 15.0. The van der Waals surface area contributed by atoms with Crippen molar-refractivity contribution < 1.29 is 8.95 Å². The molecule has 1 aliphatic heterocycles. The molecule has 1 unspecified atom stereocenters. The van der Waals surface area contributed by atoms with Crippen molar-refractivity contribution in [2.45, 2.75) is 10.9 Å². The van der Waals surface area contributed by atoms with Crippen molar-refractivity contribution >= 4 is 21.3 Å². The molecule has 0 radical (unpaired) electrons. The molecule has 0 aliphatic carbocycles. The van der Waals surface area contributed by atoms with E-state index >= 15 is 0 Å². The maximum atomic E-state index is 13.2. The Kier molecular flexibility index (Phi) is 4.77. The van der Waals surface area contributed by atoms with Gasteiger partial charge in [0.1, 0.15) is 12.6 Å². The molecule has 0 amide bonds. The summed E-state index contributed by atoms with van der Waals surface area (Å²) in [6.45, 7) is 0.494. The number of ether oxygens (including phenoxy) is 1. The Hall–Kier alpha value is -2.92. The van der Waals surface area contributed by atoms with Crippen LogP contribution in [0, 0.1) is 0 Å². The molecule has 5 heteroatoms. The Balaban J connectivity index is 1.73. The number of hydrogen-bond acceptors (Lipinski definition) is 4. The van der Waals surface area contributed by atoms with Gasteiger partial charge >= 0.3 is 0 Å². The van der Waals surface area contributed by atoms with Gasteiger partial charge in [0.25, 0.3) is 0 Å². The van der Waals surface area contributed by atoms with E-state index in [2.05, 4.69) is 4.36 Å². The third-order valence-electron chi connectivity index (χ3n) is 4.42. The summed E-state index contributed by atoms with van der Waals surface area (Å²) < 4.78 is 23.6. The summed E-state index contributed by atoms with van der Waals surface area (Å²) in [6.07, 6.45) is 1.66. The van der Waals surface area contributed by atoms with Crippen LogP contribution >= 0.6 is 0 Å². The average molecular weight is 376 g/mol. The lowest BCUT2D eigenvalue weighted by Crippen LogP contribution is -2.03. The lowest BCUT2D eigenvalue weighted by atomic mass is 10.1. The molecule has 0 saturated heterocycles. The summed E-state index contributed by atoms with van der Waals surface area (Å²) in [7, 11) is -2.57. The second-order valence-corrected chi connectivity index (χ2v) is 8.65. The summed E-state index contributed by atoms with van der Waals surface area (Å²) in [5.41, 5.74) is 2.51. The van der Waals surface area contributed by atoms with Crippen LogP contribution in [0.15, 0.2) is 99.2 Å². The Bertz CT molecular complexity index is 1090. The van der Waals surface area contributed by atoms with Gasteiger partial charge < -0.3 is 4.74 Å². The van der Waals surface area contributed by atoms with Crippen molar-refractivity contribution in [3.63, 3.8) is 0 Å². The van der Waals surface area contributed by atoms with E-state index in [0.717, 1.165) is 11.1 Å². The minimum atomic E-state index is -2.57. The van der Waals surface area contributed by atoms with Crippen molar-refractivity contribution in [2.75, 3.05) is 12.9 Å². The molecule has 0 saturated carbocycles. The van der Waals surface area contributed by atoms with Gasteiger partial charge in [-0.05, 0) is 29.8 Å². The second kappa shape index (κ2) is 7.37. The fourth-order valence-corrected chi connectivity index (χ4v) is 4.32. The highest BCUT2D eigenvalue weighted by Gasteiger charge is 2.23. The molecule has 2 atom stereocenters. The molecule has 0 fully saturated rings. The zero-order valence-corrected chi connectivity index (χ0v) is 15.8. The van der Waals surface area contributed by atoms with Crippen LogP contribution in [-0.2, 0) is 14.5 Å². The Morgan fingerprint density at radius 2 is 1.56 bits per heavy atom.